The Balaban J connectivity index is 2.05. The molecule has 0 aliphatic heterocycles. The number of unbranched alkanes of at least 4 members (excludes halogenated alkanes) is 3. The highest BCUT2D eigenvalue weighted by Gasteiger charge is 2.06. The highest BCUT2D eigenvalue weighted by atomic mass is 19.1. The van der Waals surface area contributed by atoms with Crippen LogP contribution in [0.3, 0.4) is 0 Å². The molecule has 1 rings (SSSR count). The molecule has 1 N–H and O–H groups in total. The zero-order valence-corrected chi connectivity index (χ0v) is 12.6. The monoisotopic (exact) mass is 285 g/mol. The second-order valence-electron chi connectivity index (χ2n) is 6.04. The fourth-order valence-corrected chi connectivity index (χ4v) is 1.85. The molecule has 0 saturated carbocycles. The molecule has 0 radical (unpaired) electrons. The van der Waals surface area contributed by atoms with Crippen LogP contribution in [0.25, 0.3) is 0 Å². The Labute approximate surface area is 120 Å². The first-order valence-corrected chi connectivity index (χ1v) is 7.21. The topological polar surface area (TPSA) is 21.3 Å². The molecule has 0 atom stereocenters. The SMILES string of the molecule is CC(C)(C)NCCCCCCOc1cc(F)cc(F)c1. The molecule has 0 aliphatic carbocycles. The third-order valence-electron chi connectivity index (χ3n) is 2.83. The molecule has 20 heavy (non-hydrogen) atoms. The number of halogens is 2. The lowest BCUT2D eigenvalue weighted by molar-refractivity contribution is 0.300. The van der Waals surface area contributed by atoms with Gasteiger partial charge in [-0.25, -0.2) is 8.78 Å². The van der Waals surface area contributed by atoms with Crippen molar-refractivity contribution in [2.75, 3.05) is 13.2 Å². The van der Waals surface area contributed by atoms with Crippen molar-refractivity contribution in [1.29, 1.82) is 0 Å². The molecule has 0 aliphatic rings. The van der Waals surface area contributed by atoms with Crippen molar-refractivity contribution in [3.8, 4) is 5.75 Å². The third kappa shape index (κ3) is 8.10. The van der Waals surface area contributed by atoms with E-state index in [0.29, 0.717) is 6.61 Å². The minimum Gasteiger partial charge on any atom is -0.493 e. The molecule has 1 aromatic rings. The zero-order chi connectivity index (χ0) is 15.0. The summed E-state index contributed by atoms with van der Waals surface area (Å²) in [7, 11) is 0. The van der Waals surface area contributed by atoms with Crippen LogP contribution in [0.15, 0.2) is 18.2 Å². The summed E-state index contributed by atoms with van der Waals surface area (Å²) in [6.45, 7) is 7.96. The van der Waals surface area contributed by atoms with Gasteiger partial charge in [0.25, 0.3) is 0 Å². The molecule has 0 amide bonds. The second-order valence-corrected chi connectivity index (χ2v) is 6.04. The molecule has 0 fully saturated rings. The predicted octanol–water partition coefficient (Wildman–Crippen LogP) is 4.29. The van der Waals surface area contributed by atoms with Crippen molar-refractivity contribution in [2.24, 2.45) is 0 Å². The lowest BCUT2D eigenvalue weighted by Crippen LogP contribution is -2.36. The first kappa shape index (κ1) is 16.9. The first-order valence-electron chi connectivity index (χ1n) is 7.21. The van der Waals surface area contributed by atoms with Gasteiger partial charge in [0.05, 0.1) is 6.61 Å². The maximum absolute atomic E-state index is 12.9. The Morgan fingerprint density at radius 2 is 1.55 bits per heavy atom. The van der Waals surface area contributed by atoms with Crippen LogP contribution in [0.1, 0.15) is 46.5 Å². The molecule has 2 nitrogen and oxygen atoms in total. The van der Waals surface area contributed by atoms with E-state index in [9.17, 15) is 8.78 Å². The minimum atomic E-state index is -0.603. The van der Waals surface area contributed by atoms with Gasteiger partial charge in [-0.1, -0.05) is 12.8 Å². The predicted molar refractivity (Wildman–Crippen MR) is 78.1 cm³/mol. The summed E-state index contributed by atoms with van der Waals surface area (Å²) < 4.78 is 31.2. The van der Waals surface area contributed by atoms with Crippen LogP contribution in [0, 0.1) is 11.6 Å². The fraction of sp³-hybridized carbons (Fsp3) is 0.625. The molecule has 0 spiro atoms. The van der Waals surface area contributed by atoms with Gasteiger partial charge < -0.3 is 10.1 Å². The summed E-state index contributed by atoms with van der Waals surface area (Å²) in [6, 6.07) is 3.25. The van der Waals surface area contributed by atoms with Gasteiger partial charge in [0.15, 0.2) is 0 Å². The Kier molecular flexibility index (Phi) is 6.93. The zero-order valence-electron chi connectivity index (χ0n) is 12.6. The van der Waals surface area contributed by atoms with E-state index < -0.39 is 11.6 Å². The van der Waals surface area contributed by atoms with Gasteiger partial charge in [-0.3, -0.25) is 0 Å². The van der Waals surface area contributed by atoms with E-state index in [0.717, 1.165) is 38.3 Å². The van der Waals surface area contributed by atoms with Gasteiger partial charge in [-0.05, 0) is 40.2 Å². The van der Waals surface area contributed by atoms with Crippen LogP contribution in [-0.4, -0.2) is 18.7 Å². The smallest absolute Gasteiger partial charge is 0.129 e. The summed E-state index contributed by atoms with van der Waals surface area (Å²) in [4.78, 5) is 0. The normalized spacial score (nSPS) is 11.7. The number of ether oxygens (including phenoxy) is 1. The van der Waals surface area contributed by atoms with E-state index in [-0.39, 0.29) is 11.3 Å². The molecular weight excluding hydrogens is 260 g/mol. The van der Waals surface area contributed by atoms with Crippen LogP contribution in [-0.2, 0) is 0 Å². The maximum Gasteiger partial charge on any atom is 0.129 e. The molecular formula is C16H25F2NO. The van der Waals surface area contributed by atoms with Gasteiger partial charge >= 0.3 is 0 Å². The van der Waals surface area contributed by atoms with Crippen molar-refractivity contribution < 1.29 is 13.5 Å². The van der Waals surface area contributed by atoms with E-state index in [2.05, 4.69) is 26.1 Å². The summed E-state index contributed by atoms with van der Waals surface area (Å²) >= 11 is 0. The number of hydrogen-bond donors (Lipinski definition) is 1. The van der Waals surface area contributed by atoms with Crippen molar-refractivity contribution in [3.05, 3.63) is 29.8 Å². The number of benzene rings is 1. The van der Waals surface area contributed by atoms with Gasteiger partial charge in [-0.15, -0.1) is 0 Å². The van der Waals surface area contributed by atoms with Crippen molar-refractivity contribution in [3.63, 3.8) is 0 Å². The average molecular weight is 285 g/mol. The first-order chi connectivity index (χ1) is 9.37. The van der Waals surface area contributed by atoms with Crippen LogP contribution in [0.4, 0.5) is 8.78 Å². The molecule has 0 unspecified atom stereocenters. The largest absolute Gasteiger partial charge is 0.493 e. The minimum absolute atomic E-state index is 0.171. The summed E-state index contributed by atoms with van der Waals surface area (Å²) in [5.41, 5.74) is 0.171. The fourth-order valence-electron chi connectivity index (χ4n) is 1.85. The number of hydrogen-bond acceptors (Lipinski definition) is 2. The molecule has 0 aromatic heterocycles. The van der Waals surface area contributed by atoms with Crippen LogP contribution >= 0.6 is 0 Å². The lowest BCUT2D eigenvalue weighted by Gasteiger charge is -2.20. The molecule has 4 heteroatoms. The maximum atomic E-state index is 12.9. The average Bonchev–Trinajstić information content (AvgIpc) is 2.30. The molecule has 0 heterocycles. The molecule has 0 saturated heterocycles. The highest BCUT2D eigenvalue weighted by Crippen LogP contribution is 2.15. The number of rotatable bonds is 8. The molecule has 114 valence electrons. The van der Waals surface area contributed by atoms with Crippen LogP contribution in [0.2, 0.25) is 0 Å². The van der Waals surface area contributed by atoms with E-state index in [1.807, 2.05) is 0 Å². The van der Waals surface area contributed by atoms with Crippen molar-refractivity contribution in [1.82, 2.24) is 5.32 Å². The van der Waals surface area contributed by atoms with Gasteiger partial charge in [0.2, 0.25) is 0 Å². The summed E-state index contributed by atoms with van der Waals surface area (Å²) in [6.07, 6.45) is 4.22. The molecule has 0 bridgehead atoms. The van der Waals surface area contributed by atoms with E-state index >= 15 is 0 Å². The van der Waals surface area contributed by atoms with Crippen LogP contribution in [0.5, 0.6) is 5.75 Å². The third-order valence-corrected chi connectivity index (χ3v) is 2.83. The lowest BCUT2D eigenvalue weighted by atomic mass is 10.1. The van der Waals surface area contributed by atoms with E-state index in [4.69, 9.17) is 4.74 Å². The Morgan fingerprint density at radius 1 is 0.950 bits per heavy atom. The standard InChI is InChI=1S/C16H25F2NO/c1-16(2,3)19-8-6-4-5-7-9-20-15-11-13(17)10-14(18)12-15/h10-12,19H,4-9H2,1-3H3. The molecule has 1 aromatic carbocycles. The van der Waals surface area contributed by atoms with E-state index in [1.54, 1.807) is 0 Å². The number of nitrogens with one attached hydrogen (secondary N) is 1. The van der Waals surface area contributed by atoms with Gasteiger partial charge in [0.1, 0.15) is 17.4 Å². The van der Waals surface area contributed by atoms with Gasteiger partial charge in [-0.2, -0.15) is 0 Å². The Bertz CT molecular complexity index is 382. The van der Waals surface area contributed by atoms with Crippen molar-refractivity contribution in [2.45, 2.75) is 52.0 Å². The summed E-state index contributed by atoms with van der Waals surface area (Å²) in [5, 5.41) is 3.44. The van der Waals surface area contributed by atoms with Crippen LogP contribution < -0.4 is 10.1 Å². The second kappa shape index (κ2) is 8.20. The van der Waals surface area contributed by atoms with E-state index in [1.165, 1.54) is 12.1 Å². The summed E-state index contributed by atoms with van der Waals surface area (Å²) in [5.74, 6) is -0.946. The Morgan fingerprint density at radius 3 is 2.15 bits per heavy atom. The van der Waals surface area contributed by atoms with Gasteiger partial charge in [0, 0.05) is 23.7 Å². The quantitative estimate of drug-likeness (QED) is 0.719. The van der Waals surface area contributed by atoms with Crippen molar-refractivity contribution >= 4 is 0 Å². The highest BCUT2D eigenvalue weighted by molar-refractivity contribution is 5.23. The Hall–Kier alpha value is -1.16.